The monoisotopic (exact) mass is 226 g/mol. The smallest absolute Gasteiger partial charge is 0.167 e. The first-order valence-corrected chi connectivity index (χ1v) is 8.79. The van der Waals surface area contributed by atoms with E-state index in [1.54, 1.807) is 0 Å². The number of aromatic nitrogens is 2. The molecule has 1 aromatic rings. The van der Waals surface area contributed by atoms with Crippen molar-refractivity contribution in [2.45, 2.75) is 32.3 Å². The lowest BCUT2D eigenvalue weighted by atomic mass is 10.5. The Hall–Kier alpha value is -0.943. The lowest BCUT2D eigenvalue weighted by Crippen LogP contribution is -2.21. The third-order valence-corrected chi connectivity index (χ3v) is 3.71. The van der Waals surface area contributed by atoms with Gasteiger partial charge >= 0.3 is 0 Å². The molecule has 0 aromatic carbocycles. The normalized spacial score (nSPS) is 11.7. The minimum absolute atomic E-state index is 0.457. The van der Waals surface area contributed by atoms with Crippen LogP contribution in [-0.2, 0) is 11.3 Å². The lowest BCUT2D eigenvalue weighted by molar-refractivity contribution is 0.111. The summed E-state index contributed by atoms with van der Waals surface area (Å²) < 4.78 is 5.48. The summed E-state index contributed by atoms with van der Waals surface area (Å²) in [6, 6.07) is 1.15. The van der Waals surface area contributed by atoms with Gasteiger partial charge in [-0.3, -0.25) is 4.79 Å². The molecule has 84 valence electrons. The zero-order valence-electron chi connectivity index (χ0n) is 9.54. The maximum atomic E-state index is 10.4. The van der Waals surface area contributed by atoms with E-state index in [0.717, 1.165) is 18.9 Å². The fraction of sp³-hybridized carbons (Fsp3) is 0.600. The maximum Gasteiger partial charge on any atom is 0.167 e. The number of nitrogens with zero attached hydrogens (tertiary/aromatic N) is 1. The molecular weight excluding hydrogens is 208 g/mol. The minimum Gasteiger partial charge on any atom is -0.374 e. The largest absolute Gasteiger partial charge is 0.374 e. The van der Waals surface area contributed by atoms with Gasteiger partial charge in [0.2, 0.25) is 0 Å². The van der Waals surface area contributed by atoms with Gasteiger partial charge in [-0.15, -0.1) is 0 Å². The Morgan fingerprint density at radius 3 is 2.80 bits per heavy atom. The van der Waals surface area contributed by atoms with Crippen LogP contribution < -0.4 is 0 Å². The van der Waals surface area contributed by atoms with Crippen molar-refractivity contribution in [3.05, 3.63) is 17.7 Å². The van der Waals surface area contributed by atoms with Gasteiger partial charge in [0.15, 0.2) is 6.29 Å². The molecule has 1 aromatic heterocycles. The molecule has 0 aliphatic rings. The minimum atomic E-state index is -1.01. The van der Waals surface area contributed by atoms with Crippen molar-refractivity contribution in [1.82, 2.24) is 9.97 Å². The van der Waals surface area contributed by atoms with Crippen LogP contribution in [0.4, 0.5) is 0 Å². The summed E-state index contributed by atoms with van der Waals surface area (Å²) in [4.78, 5) is 17.3. The molecule has 0 atom stereocenters. The van der Waals surface area contributed by atoms with Crippen molar-refractivity contribution < 1.29 is 9.53 Å². The van der Waals surface area contributed by atoms with E-state index in [-0.39, 0.29) is 0 Å². The van der Waals surface area contributed by atoms with Crippen LogP contribution in [0.25, 0.3) is 0 Å². The molecule has 1 heterocycles. The second kappa shape index (κ2) is 5.23. The van der Waals surface area contributed by atoms with E-state index in [4.69, 9.17) is 4.74 Å². The number of rotatable bonds is 6. The molecule has 0 amide bonds. The predicted octanol–water partition coefficient (Wildman–Crippen LogP) is 2.08. The van der Waals surface area contributed by atoms with Gasteiger partial charge in [-0.25, -0.2) is 4.98 Å². The van der Waals surface area contributed by atoms with Crippen molar-refractivity contribution in [3.63, 3.8) is 0 Å². The van der Waals surface area contributed by atoms with Crippen molar-refractivity contribution in [3.8, 4) is 0 Å². The number of imidazole rings is 1. The van der Waals surface area contributed by atoms with Gasteiger partial charge in [0, 0.05) is 14.7 Å². The zero-order valence-corrected chi connectivity index (χ0v) is 10.5. The molecule has 0 bridgehead atoms. The molecule has 5 heteroatoms. The molecule has 15 heavy (non-hydrogen) atoms. The summed E-state index contributed by atoms with van der Waals surface area (Å²) >= 11 is 0. The number of aldehydes is 1. The first-order valence-electron chi connectivity index (χ1n) is 5.08. The maximum absolute atomic E-state index is 10.4. The van der Waals surface area contributed by atoms with Crippen molar-refractivity contribution in [1.29, 1.82) is 0 Å². The molecule has 0 aliphatic heterocycles. The summed E-state index contributed by atoms with van der Waals surface area (Å²) in [6.07, 6.45) is 2.27. The lowest BCUT2D eigenvalue weighted by Gasteiger charge is -2.14. The van der Waals surface area contributed by atoms with Crippen LogP contribution >= 0.6 is 0 Å². The molecule has 0 radical (unpaired) electrons. The number of carbonyl (C=O) groups excluding carboxylic acids is 1. The standard InChI is InChI=1S/C10H18N2O2Si/c1-15(2,3)5-4-14-8-10-11-6-9(7-13)12-10/h6-7H,4-5,8H2,1-3H3,(H,11,12). The molecule has 4 nitrogen and oxygen atoms in total. The first kappa shape index (κ1) is 12.1. The van der Waals surface area contributed by atoms with E-state index in [0.29, 0.717) is 18.1 Å². The molecule has 0 unspecified atom stereocenters. The number of carbonyl (C=O) groups is 1. The first-order chi connectivity index (χ1) is 7.01. The third kappa shape index (κ3) is 4.90. The highest BCUT2D eigenvalue weighted by atomic mass is 28.3. The van der Waals surface area contributed by atoms with Crippen LogP contribution in [-0.4, -0.2) is 30.9 Å². The number of H-pyrrole nitrogens is 1. The topological polar surface area (TPSA) is 55.0 Å². The second-order valence-corrected chi connectivity index (χ2v) is 10.4. The second-order valence-electron chi connectivity index (χ2n) is 4.77. The van der Waals surface area contributed by atoms with E-state index >= 15 is 0 Å². The Bertz CT molecular complexity index is 317. The molecule has 0 fully saturated rings. The predicted molar refractivity (Wildman–Crippen MR) is 61.8 cm³/mol. The summed E-state index contributed by atoms with van der Waals surface area (Å²) in [6.45, 7) is 8.17. The Morgan fingerprint density at radius 2 is 2.27 bits per heavy atom. The molecule has 0 saturated carbocycles. The Balaban J connectivity index is 2.23. The molecule has 1 rings (SSSR count). The Kier molecular flexibility index (Phi) is 4.23. The van der Waals surface area contributed by atoms with Gasteiger partial charge in [-0.1, -0.05) is 19.6 Å². The number of hydrogen-bond acceptors (Lipinski definition) is 3. The van der Waals surface area contributed by atoms with Crippen molar-refractivity contribution in [2.24, 2.45) is 0 Å². The summed E-state index contributed by atoms with van der Waals surface area (Å²) in [5, 5.41) is 0. The average molecular weight is 226 g/mol. The van der Waals surface area contributed by atoms with Crippen LogP contribution in [0.5, 0.6) is 0 Å². The van der Waals surface area contributed by atoms with E-state index in [2.05, 4.69) is 29.6 Å². The van der Waals surface area contributed by atoms with Gasteiger partial charge in [0.25, 0.3) is 0 Å². The highest BCUT2D eigenvalue weighted by Gasteiger charge is 2.12. The van der Waals surface area contributed by atoms with Crippen molar-refractivity contribution in [2.75, 3.05) is 6.61 Å². The molecule has 0 spiro atoms. The van der Waals surface area contributed by atoms with Gasteiger partial charge in [-0.05, 0) is 6.04 Å². The van der Waals surface area contributed by atoms with Crippen LogP contribution in [0.15, 0.2) is 6.20 Å². The van der Waals surface area contributed by atoms with Crippen LogP contribution in [0, 0.1) is 0 Å². The van der Waals surface area contributed by atoms with Crippen LogP contribution in [0.3, 0.4) is 0 Å². The van der Waals surface area contributed by atoms with E-state index < -0.39 is 8.07 Å². The molecular formula is C10H18N2O2Si. The van der Waals surface area contributed by atoms with Gasteiger partial charge in [0.05, 0.1) is 11.9 Å². The summed E-state index contributed by atoms with van der Waals surface area (Å²) in [5.41, 5.74) is 0.499. The third-order valence-electron chi connectivity index (χ3n) is 2.01. The molecule has 0 aliphatic carbocycles. The van der Waals surface area contributed by atoms with E-state index in [9.17, 15) is 4.79 Å². The highest BCUT2D eigenvalue weighted by molar-refractivity contribution is 6.76. The fourth-order valence-electron chi connectivity index (χ4n) is 1.06. The Labute approximate surface area is 91.1 Å². The van der Waals surface area contributed by atoms with E-state index in [1.165, 1.54) is 6.20 Å². The number of hydrogen-bond donors (Lipinski definition) is 1. The SMILES string of the molecule is C[Si](C)(C)CCOCc1ncc(C=O)[nH]1. The molecule has 0 saturated heterocycles. The van der Waals surface area contributed by atoms with E-state index in [1.807, 2.05) is 0 Å². The number of ether oxygens (including phenoxy) is 1. The summed E-state index contributed by atoms with van der Waals surface area (Å²) in [5.74, 6) is 0.715. The number of nitrogens with one attached hydrogen (secondary N) is 1. The average Bonchev–Trinajstić information content (AvgIpc) is 2.59. The van der Waals surface area contributed by atoms with Crippen molar-refractivity contribution >= 4 is 14.4 Å². The van der Waals surface area contributed by atoms with Crippen LogP contribution in [0.1, 0.15) is 16.3 Å². The van der Waals surface area contributed by atoms with Gasteiger partial charge in [0.1, 0.15) is 12.4 Å². The Morgan fingerprint density at radius 1 is 1.53 bits per heavy atom. The zero-order chi connectivity index (χ0) is 11.3. The quantitative estimate of drug-likeness (QED) is 0.459. The molecule has 1 N–H and O–H groups in total. The van der Waals surface area contributed by atoms with Crippen LogP contribution in [0.2, 0.25) is 25.7 Å². The fourth-order valence-corrected chi connectivity index (χ4v) is 1.82. The van der Waals surface area contributed by atoms with Gasteiger partial charge < -0.3 is 9.72 Å². The summed E-state index contributed by atoms with van der Waals surface area (Å²) in [7, 11) is -1.01. The van der Waals surface area contributed by atoms with Gasteiger partial charge in [-0.2, -0.15) is 0 Å². The highest BCUT2D eigenvalue weighted by Crippen LogP contribution is 2.08. The number of aromatic amines is 1.